The summed E-state index contributed by atoms with van der Waals surface area (Å²) in [5.74, 6) is -0.381. The monoisotopic (exact) mass is 955 g/mol. The second-order valence-corrected chi connectivity index (χ2v) is 20.6. The zero-order valence-corrected chi connectivity index (χ0v) is 46.1. The van der Waals surface area contributed by atoms with Crippen LogP contribution in [0.15, 0.2) is 36.5 Å². The number of carbonyl (C=O) groups excluding carboxylic acids is 2. The molecule has 0 aliphatic heterocycles. The summed E-state index contributed by atoms with van der Waals surface area (Å²) in [6.07, 6.45) is 73.1. The zero-order valence-electron chi connectivity index (χ0n) is 46.1. The number of rotatable bonds is 57. The van der Waals surface area contributed by atoms with Crippen LogP contribution in [0.2, 0.25) is 0 Å². The Balaban J connectivity index is 4.23. The van der Waals surface area contributed by atoms with E-state index in [0.29, 0.717) is 19.4 Å². The van der Waals surface area contributed by atoms with E-state index in [2.05, 4.69) is 57.2 Å². The minimum atomic E-state index is -0.536. The fourth-order valence-corrected chi connectivity index (χ4v) is 9.07. The first-order valence-electron chi connectivity index (χ1n) is 30.5. The minimum Gasteiger partial charge on any atom is -0.462 e. The van der Waals surface area contributed by atoms with Crippen LogP contribution >= 0.6 is 0 Å². The third-order valence-electron chi connectivity index (χ3n) is 13.6. The highest BCUT2D eigenvalue weighted by Gasteiger charge is 2.17. The van der Waals surface area contributed by atoms with Gasteiger partial charge in [0, 0.05) is 19.4 Å². The van der Waals surface area contributed by atoms with E-state index in [4.69, 9.17) is 14.2 Å². The number of allylic oxidation sites excluding steroid dienone is 6. The number of hydrogen-bond donors (Lipinski definition) is 0. The lowest BCUT2D eigenvalue weighted by Crippen LogP contribution is -2.30. The van der Waals surface area contributed by atoms with Gasteiger partial charge in [-0.05, 0) is 77.0 Å². The number of hydrogen-bond acceptors (Lipinski definition) is 5. The molecule has 0 heterocycles. The van der Waals surface area contributed by atoms with Gasteiger partial charge in [-0.2, -0.15) is 0 Å². The molecule has 5 heteroatoms. The molecule has 0 aliphatic carbocycles. The summed E-state index contributed by atoms with van der Waals surface area (Å²) in [5.41, 5.74) is 0. The van der Waals surface area contributed by atoms with E-state index in [0.717, 1.165) is 44.9 Å². The van der Waals surface area contributed by atoms with Crippen LogP contribution in [-0.2, 0) is 23.8 Å². The Hall–Kier alpha value is -1.88. The number of esters is 2. The second-order valence-electron chi connectivity index (χ2n) is 20.6. The topological polar surface area (TPSA) is 61.8 Å². The first kappa shape index (κ1) is 66.1. The molecular formula is C63H118O5. The van der Waals surface area contributed by atoms with Gasteiger partial charge in [-0.15, -0.1) is 0 Å². The molecule has 1 unspecified atom stereocenters. The SMILES string of the molecule is CCCCC/C=C\C/C=C\CCCCCCCCCCOCC(COC(=O)CCCCCCCCCCC/C=C\CCCCCCCC)OC(=O)CCCCCCCCCCCCCCCCC. The van der Waals surface area contributed by atoms with Gasteiger partial charge >= 0.3 is 11.9 Å². The highest BCUT2D eigenvalue weighted by Crippen LogP contribution is 2.17. The van der Waals surface area contributed by atoms with Crippen molar-refractivity contribution < 1.29 is 23.8 Å². The predicted octanol–water partition coefficient (Wildman–Crippen LogP) is 20.9. The molecule has 0 radical (unpaired) electrons. The van der Waals surface area contributed by atoms with Crippen LogP contribution in [0.5, 0.6) is 0 Å². The van der Waals surface area contributed by atoms with Crippen LogP contribution in [0.3, 0.4) is 0 Å². The van der Waals surface area contributed by atoms with Crippen molar-refractivity contribution in [3.05, 3.63) is 36.5 Å². The van der Waals surface area contributed by atoms with E-state index < -0.39 is 6.10 Å². The Morgan fingerprint density at radius 1 is 0.324 bits per heavy atom. The lowest BCUT2D eigenvalue weighted by Gasteiger charge is -2.18. The largest absolute Gasteiger partial charge is 0.462 e. The Bertz CT molecular complexity index is 1080. The summed E-state index contributed by atoms with van der Waals surface area (Å²) in [6.45, 7) is 7.85. The van der Waals surface area contributed by atoms with Gasteiger partial charge in [0.15, 0.2) is 6.10 Å². The van der Waals surface area contributed by atoms with Gasteiger partial charge in [-0.25, -0.2) is 0 Å². The lowest BCUT2D eigenvalue weighted by atomic mass is 10.0. The first-order chi connectivity index (χ1) is 33.6. The Labute approximate surface area is 425 Å². The number of unbranched alkanes of at least 4 members (excludes halogenated alkanes) is 40. The van der Waals surface area contributed by atoms with Crippen molar-refractivity contribution in [3.63, 3.8) is 0 Å². The van der Waals surface area contributed by atoms with Crippen LogP contribution in [0.25, 0.3) is 0 Å². The van der Waals surface area contributed by atoms with E-state index in [1.165, 1.54) is 250 Å². The molecule has 0 rings (SSSR count). The average Bonchev–Trinajstić information content (AvgIpc) is 3.34. The molecule has 0 bridgehead atoms. The summed E-state index contributed by atoms with van der Waals surface area (Å²) in [6, 6.07) is 0. The lowest BCUT2D eigenvalue weighted by molar-refractivity contribution is -0.163. The molecule has 0 amide bonds. The summed E-state index contributed by atoms with van der Waals surface area (Å²) >= 11 is 0. The van der Waals surface area contributed by atoms with Gasteiger partial charge in [0.05, 0.1) is 6.61 Å². The maximum Gasteiger partial charge on any atom is 0.306 e. The normalized spacial score (nSPS) is 12.3. The third-order valence-corrected chi connectivity index (χ3v) is 13.6. The molecule has 1 atom stereocenters. The Morgan fingerprint density at radius 2 is 0.618 bits per heavy atom. The van der Waals surface area contributed by atoms with E-state index in [1.807, 2.05) is 0 Å². The van der Waals surface area contributed by atoms with Crippen molar-refractivity contribution in [1.82, 2.24) is 0 Å². The summed E-state index contributed by atoms with van der Waals surface area (Å²) < 4.78 is 17.5. The van der Waals surface area contributed by atoms with Crippen molar-refractivity contribution >= 4 is 11.9 Å². The molecule has 0 spiro atoms. The van der Waals surface area contributed by atoms with Gasteiger partial charge in [0.2, 0.25) is 0 Å². The highest BCUT2D eigenvalue weighted by molar-refractivity contribution is 5.70. The number of ether oxygens (including phenoxy) is 3. The second kappa shape index (κ2) is 59.4. The average molecular weight is 956 g/mol. The molecule has 0 saturated heterocycles. The van der Waals surface area contributed by atoms with E-state index >= 15 is 0 Å². The summed E-state index contributed by atoms with van der Waals surface area (Å²) in [5, 5.41) is 0. The fraction of sp³-hybridized carbons (Fsp3) is 0.873. The smallest absolute Gasteiger partial charge is 0.306 e. The molecule has 400 valence electrons. The van der Waals surface area contributed by atoms with Gasteiger partial charge in [-0.1, -0.05) is 276 Å². The van der Waals surface area contributed by atoms with Crippen LogP contribution in [0, 0.1) is 0 Å². The maximum absolute atomic E-state index is 12.9. The van der Waals surface area contributed by atoms with E-state index in [9.17, 15) is 9.59 Å². The Morgan fingerprint density at radius 3 is 1.01 bits per heavy atom. The molecule has 68 heavy (non-hydrogen) atoms. The van der Waals surface area contributed by atoms with Crippen LogP contribution in [-0.4, -0.2) is 37.9 Å². The van der Waals surface area contributed by atoms with Gasteiger partial charge in [0.25, 0.3) is 0 Å². The van der Waals surface area contributed by atoms with Crippen LogP contribution in [0.1, 0.15) is 329 Å². The van der Waals surface area contributed by atoms with Crippen LogP contribution < -0.4 is 0 Å². The van der Waals surface area contributed by atoms with Crippen molar-refractivity contribution in [2.45, 2.75) is 335 Å². The molecule has 0 N–H and O–H groups in total. The standard InChI is InChI=1S/C63H118O5/c1-4-7-10-13-16-19-22-25-28-30-32-33-36-38-41-44-47-50-53-56-62(64)67-60-61(68-63(65)57-54-51-48-45-42-39-35-27-24-21-18-15-12-9-6-3)59-66-58-55-52-49-46-43-40-37-34-31-29-26-23-20-17-14-11-8-5-2/h17,20,25-26,28-29,61H,4-16,18-19,21-24,27,30-60H2,1-3H3/b20-17-,28-25-,29-26-. The maximum atomic E-state index is 12.9. The van der Waals surface area contributed by atoms with Gasteiger partial charge in [0.1, 0.15) is 6.61 Å². The summed E-state index contributed by atoms with van der Waals surface area (Å²) in [4.78, 5) is 25.6. The van der Waals surface area contributed by atoms with E-state index in [-0.39, 0.29) is 25.2 Å². The van der Waals surface area contributed by atoms with Crippen LogP contribution in [0.4, 0.5) is 0 Å². The quantitative estimate of drug-likeness (QED) is 0.0345. The summed E-state index contributed by atoms with van der Waals surface area (Å²) in [7, 11) is 0. The molecule has 5 nitrogen and oxygen atoms in total. The van der Waals surface area contributed by atoms with Crippen molar-refractivity contribution in [2.24, 2.45) is 0 Å². The molecule has 0 aliphatic rings. The Kier molecular flexibility index (Phi) is 57.8. The van der Waals surface area contributed by atoms with Crippen molar-refractivity contribution in [1.29, 1.82) is 0 Å². The van der Waals surface area contributed by atoms with Gasteiger partial charge < -0.3 is 14.2 Å². The minimum absolute atomic E-state index is 0.0876. The van der Waals surface area contributed by atoms with Gasteiger partial charge in [-0.3, -0.25) is 9.59 Å². The molecule has 0 aromatic rings. The zero-order chi connectivity index (χ0) is 49.2. The van der Waals surface area contributed by atoms with E-state index in [1.54, 1.807) is 0 Å². The van der Waals surface area contributed by atoms with Crippen molar-refractivity contribution in [3.8, 4) is 0 Å². The molecule has 0 aromatic heterocycles. The fourth-order valence-electron chi connectivity index (χ4n) is 9.07. The molecule has 0 saturated carbocycles. The molecular weight excluding hydrogens is 837 g/mol. The molecule has 0 aromatic carbocycles. The predicted molar refractivity (Wildman–Crippen MR) is 298 cm³/mol. The highest BCUT2D eigenvalue weighted by atomic mass is 16.6. The first-order valence-corrected chi connectivity index (χ1v) is 30.5. The third kappa shape index (κ3) is 56.7. The molecule has 0 fully saturated rings. The van der Waals surface area contributed by atoms with Crippen molar-refractivity contribution in [2.75, 3.05) is 19.8 Å². The number of carbonyl (C=O) groups is 2.